The van der Waals surface area contributed by atoms with Crippen molar-refractivity contribution < 1.29 is 17.3 Å². The third kappa shape index (κ3) is 2.91. The molecular formula is C11H11F3. The van der Waals surface area contributed by atoms with Crippen LogP contribution in [0, 0.1) is 0 Å². The van der Waals surface area contributed by atoms with Crippen molar-refractivity contribution in [2.75, 3.05) is 0 Å². The molecule has 0 heterocycles. The largest absolute Gasteiger partial charge is 0.416 e. The van der Waals surface area contributed by atoms with Gasteiger partial charge in [-0.2, -0.15) is 13.2 Å². The van der Waals surface area contributed by atoms with Crippen LogP contribution in [0.25, 0.3) is 6.08 Å². The standard InChI is InChI=1S/C11H11F3/c1-8(2)7-9-3-5-10(6-4-9)11(12,13)14/h3-7H,1-2H3/i1D3/b8-7-. The van der Waals surface area contributed by atoms with Crippen LogP contribution in [-0.4, -0.2) is 0 Å². The molecular weight excluding hydrogens is 189 g/mol. The van der Waals surface area contributed by atoms with E-state index in [0.717, 1.165) is 12.1 Å². The molecule has 0 N–H and O–H groups in total. The van der Waals surface area contributed by atoms with E-state index in [9.17, 15) is 13.2 Å². The molecule has 0 saturated carbocycles. The lowest BCUT2D eigenvalue weighted by Gasteiger charge is -2.06. The number of benzene rings is 1. The normalized spacial score (nSPS) is 17.1. The van der Waals surface area contributed by atoms with Crippen LogP contribution in [0.4, 0.5) is 13.2 Å². The van der Waals surface area contributed by atoms with E-state index in [4.69, 9.17) is 4.11 Å². The lowest BCUT2D eigenvalue weighted by Crippen LogP contribution is -2.03. The molecule has 0 fully saturated rings. The number of hydrogen-bond donors (Lipinski definition) is 0. The van der Waals surface area contributed by atoms with Gasteiger partial charge in [-0.15, -0.1) is 0 Å². The van der Waals surface area contributed by atoms with E-state index >= 15 is 0 Å². The first-order valence-electron chi connectivity index (χ1n) is 5.47. The van der Waals surface area contributed by atoms with Gasteiger partial charge in [0.25, 0.3) is 0 Å². The molecule has 0 nitrogen and oxygen atoms in total. The van der Waals surface area contributed by atoms with Crippen LogP contribution in [0.3, 0.4) is 0 Å². The number of halogens is 3. The Hall–Kier alpha value is -1.25. The molecule has 1 aromatic rings. The van der Waals surface area contributed by atoms with Crippen molar-refractivity contribution in [3.05, 3.63) is 41.0 Å². The van der Waals surface area contributed by atoms with Gasteiger partial charge in [0.15, 0.2) is 0 Å². The van der Waals surface area contributed by atoms with Crippen LogP contribution in [0.1, 0.15) is 29.0 Å². The third-order valence-corrected chi connectivity index (χ3v) is 1.62. The smallest absolute Gasteiger partial charge is 0.166 e. The molecule has 1 aromatic carbocycles. The summed E-state index contributed by atoms with van der Waals surface area (Å²) in [6.07, 6.45) is -3.02. The Bertz CT molecular complexity index is 413. The maximum atomic E-state index is 12.3. The number of rotatable bonds is 1. The Morgan fingerprint density at radius 1 is 1.29 bits per heavy atom. The summed E-state index contributed by atoms with van der Waals surface area (Å²) >= 11 is 0. The van der Waals surface area contributed by atoms with Gasteiger partial charge in [0.05, 0.1) is 5.56 Å². The van der Waals surface area contributed by atoms with Crippen molar-refractivity contribution in [3.63, 3.8) is 0 Å². The van der Waals surface area contributed by atoms with Gasteiger partial charge in [0.2, 0.25) is 0 Å². The average Bonchev–Trinajstić information content (AvgIpc) is 2.15. The molecule has 0 atom stereocenters. The van der Waals surface area contributed by atoms with E-state index < -0.39 is 18.6 Å². The summed E-state index contributed by atoms with van der Waals surface area (Å²) in [5.41, 5.74) is -0.176. The van der Waals surface area contributed by atoms with Crippen molar-refractivity contribution in [2.45, 2.75) is 20.0 Å². The summed E-state index contributed by atoms with van der Waals surface area (Å²) < 4.78 is 58.1. The summed E-state index contributed by atoms with van der Waals surface area (Å²) in [5.74, 6) is 0. The van der Waals surface area contributed by atoms with Crippen LogP contribution in [0.2, 0.25) is 0 Å². The minimum absolute atomic E-state index is 0.136. The molecule has 1 rings (SSSR count). The zero-order valence-corrected chi connectivity index (χ0v) is 7.52. The number of alkyl halides is 3. The third-order valence-electron chi connectivity index (χ3n) is 1.62. The van der Waals surface area contributed by atoms with E-state index in [0.29, 0.717) is 5.56 Å². The fraction of sp³-hybridized carbons (Fsp3) is 0.273. The minimum Gasteiger partial charge on any atom is -0.166 e. The molecule has 0 aliphatic carbocycles. The lowest BCUT2D eigenvalue weighted by atomic mass is 10.1. The Morgan fingerprint density at radius 2 is 1.86 bits per heavy atom. The van der Waals surface area contributed by atoms with Crippen LogP contribution < -0.4 is 0 Å². The van der Waals surface area contributed by atoms with Gasteiger partial charge in [-0.05, 0) is 31.5 Å². The second-order valence-corrected chi connectivity index (χ2v) is 2.95. The van der Waals surface area contributed by atoms with Gasteiger partial charge in [-0.25, -0.2) is 0 Å². The van der Waals surface area contributed by atoms with Gasteiger partial charge in [-0.3, -0.25) is 0 Å². The highest BCUT2D eigenvalue weighted by molar-refractivity contribution is 5.52. The minimum atomic E-state index is -4.37. The van der Waals surface area contributed by atoms with Gasteiger partial charge in [-0.1, -0.05) is 23.8 Å². The highest BCUT2D eigenvalue weighted by Crippen LogP contribution is 2.29. The molecule has 0 bridgehead atoms. The molecule has 0 aliphatic rings. The summed E-state index contributed by atoms with van der Waals surface area (Å²) in [6, 6.07) is 4.35. The van der Waals surface area contributed by atoms with Crippen LogP contribution in [0.15, 0.2) is 29.8 Å². The molecule has 0 aliphatic heterocycles. The van der Waals surface area contributed by atoms with Crippen LogP contribution in [0.5, 0.6) is 0 Å². The molecule has 0 radical (unpaired) electrons. The highest BCUT2D eigenvalue weighted by Gasteiger charge is 2.29. The molecule has 0 amide bonds. The van der Waals surface area contributed by atoms with E-state index in [-0.39, 0.29) is 5.57 Å². The van der Waals surface area contributed by atoms with E-state index in [1.165, 1.54) is 25.1 Å². The number of hydrogen-bond acceptors (Lipinski definition) is 0. The summed E-state index contributed by atoms with van der Waals surface area (Å²) in [4.78, 5) is 0. The van der Waals surface area contributed by atoms with Crippen molar-refractivity contribution >= 4 is 6.08 Å². The molecule has 76 valence electrons. The van der Waals surface area contributed by atoms with E-state index in [1.54, 1.807) is 0 Å². The highest BCUT2D eigenvalue weighted by atomic mass is 19.4. The Labute approximate surface area is 85.3 Å². The SMILES string of the molecule is [2H]C([2H])([2H])/C(C)=C/c1ccc(C(F)(F)F)cc1. The summed E-state index contributed by atoms with van der Waals surface area (Å²) in [7, 11) is 0. The Balaban J connectivity index is 2.97. The molecule has 0 spiro atoms. The van der Waals surface area contributed by atoms with Gasteiger partial charge in [0, 0.05) is 4.11 Å². The monoisotopic (exact) mass is 203 g/mol. The Kier molecular flexibility index (Phi) is 1.96. The van der Waals surface area contributed by atoms with E-state index in [1.807, 2.05) is 0 Å². The van der Waals surface area contributed by atoms with Crippen molar-refractivity contribution in [1.29, 1.82) is 0 Å². The lowest BCUT2D eigenvalue weighted by molar-refractivity contribution is -0.137. The predicted octanol–water partition coefficient (Wildman–Crippen LogP) is 4.13. The first-order valence-corrected chi connectivity index (χ1v) is 3.97. The summed E-state index contributed by atoms with van der Waals surface area (Å²) in [5, 5.41) is 0. The van der Waals surface area contributed by atoms with E-state index in [2.05, 4.69) is 0 Å². The molecule has 0 unspecified atom stereocenters. The van der Waals surface area contributed by atoms with Gasteiger partial charge in [0.1, 0.15) is 0 Å². The first-order chi connectivity index (χ1) is 7.60. The fourth-order valence-corrected chi connectivity index (χ4v) is 1.02. The first kappa shape index (κ1) is 7.10. The molecule has 0 aromatic heterocycles. The Morgan fingerprint density at radius 3 is 2.29 bits per heavy atom. The molecule has 0 saturated heterocycles. The van der Waals surface area contributed by atoms with Gasteiger partial charge < -0.3 is 0 Å². The van der Waals surface area contributed by atoms with Crippen molar-refractivity contribution in [2.24, 2.45) is 0 Å². The number of allylic oxidation sites excluding steroid dienone is 1. The summed E-state index contributed by atoms with van der Waals surface area (Å²) in [6.45, 7) is -0.798. The topological polar surface area (TPSA) is 0 Å². The molecule has 3 heteroatoms. The zero-order valence-electron chi connectivity index (χ0n) is 10.5. The second kappa shape index (κ2) is 3.86. The fourth-order valence-electron chi connectivity index (χ4n) is 1.02. The van der Waals surface area contributed by atoms with Crippen LogP contribution >= 0.6 is 0 Å². The average molecular weight is 203 g/mol. The van der Waals surface area contributed by atoms with Gasteiger partial charge >= 0.3 is 6.18 Å². The maximum absolute atomic E-state index is 12.3. The molecule has 14 heavy (non-hydrogen) atoms. The van der Waals surface area contributed by atoms with Crippen molar-refractivity contribution in [3.8, 4) is 0 Å². The second-order valence-electron chi connectivity index (χ2n) is 2.95. The van der Waals surface area contributed by atoms with Crippen LogP contribution in [-0.2, 0) is 6.18 Å². The maximum Gasteiger partial charge on any atom is 0.416 e. The van der Waals surface area contributed by atoms with Crippen molar-refractivity contribution in [1.82, 2.24) is 0 Å². The quantitative estimate of drug-likeness (QED) is 0.643. The zero-order chi connectivity index (χ0) is 13.3. The predicted molar refractivity (Wildman–Crippen MR) is 50.8 cm³/mol.